The molecular formula is C22H21N3O2. The largest absolute Gasteiger partial charge is 0.339 e. The second-order valence-electron chi connectivity index (χ2n) is 6.77. The SMILES string of the molecule is O=C(Nc1cccc2cccnc12)c1cccc(C(=O)N2CCCCC2)c1. The number of aromatic nitrogens is 1. The van der Waals surface area contributed by atoms with Gasteiger partial charge in [0.1, 0.15) is 0 Å². The Labute approximate surface area is 158 Å². The topological polar surface area (TPSA) is 62.3 Å². The van der Waals surface area contributed by atoms with Crippen molar-refractivity contribution in [1.82, 2.24) is 9.88 Å². The van der Waals surface area contributed by atoms with Gasteiger partial charge in [-0.1, -0.05) is 24.3 Å². The summed E-state index contributed by atoms with van der Waals surface area (Å²) < 4.78 is 0. The molecule has 5 heteroatoms. The van der Waals surface area contributed by atoms with E-state index in [1.54, 1.807) is 30.5 Å². The van der Waals surface area contributed by atoms with E-state index in [1.165, 1.54) is 6.42 Å². The third kappa shape index (κ3) is 3.67. The molecule has 1 aromatic heterocycles. The average molecular weight is 359 g/mol. The van der Waals surface area contributed by atoms with Crippen LogP contribution in [-0.2, 0) is 0 Å². The van der Waals surface area contributed by atoms with Crippen LogP contribution in [0.4, 0.5) is 5.69 Å². The molecule has 0 saturated carbocycles. The lowest BCUT2D eigenvalue weighted by Crippen LogP contribution is -2.35. The Morgan fingerprint density at radius 2 is 1.63 bits per heavy atom. The number of nitrogens with zero attached hydrogens (tertiary/aromatic N) is 2. The summed E-state index contributed by atoms with van der Waals surface area (Å²) >= 11 is 0. The number of hydrogen-bond acceptors (Lipinski definition) is 3. The number of benzene rings is 2. The van der Waals surface area contributed by atoms with Crippen LogP contribution >= 0.6 is 0 Å². The zero-order chi connectivity index (χ0) is 18.6. The van der Waals surface area contributed by atoms with Crippen molar-refractivity contribution in [1.29, 1.82) is 0 Å². The zero-order valence-corrected chi connectivity index (χ0v) is 15.0. The second-order valence-corrected chi connectivity index (χ2v) is 6.77. The van der Waals surface area contributed by atoms with Gasteiger partial charge in [0, 0.05) is 35.8 Å². The predicted molar refractivity (Wildman–Crippen MR) is 106 cm³/mol. The number of carbonyl (C=O) groups is 2. The number of para-hydroxylation sites is 1. The fraction of sp³-hybridized carbons (Fsp3) is 0.227. The van der Waals surface area contributed by atoms with Gasteiger partial charge in [-0.25, -0.2) is 0 Å². The van der Waals surface area contributed by atoms with Crippen LogP contribution < -0.4 is 5.32 Å². The maximum absolute atomic E-state index is 12.7. The van der Waals surface area contributed by atoms with E-state index in [2.05, 4.69) is 10.3 Å². The first-order valence-electron chi connectivity index (χ1n) is 9.27. The number of nitrogens with one attached hydrogen (secondary N) is 1. The van der Waals surface area contributed by atoms with E-state index in [0.29, 0.717) is 16.8 Å². The van der Waals surface area contributed by atoms with Gasteiger partial charge in [-0.15, -0.1) is 0 Å². The molecule has 136 valence electrons. The second kappa shape index (κ2) is 7.58. The number of carbonyl (C=O) groups excluding carboxylic acids is 2. The molecule has 1 saturated heterocycles. The number of rotatable bonds is 3. The molecule has 1 N–H and O–H groups in total. The molecule has 0 bridgehead atoms. The molecule has 3 aromatic rings. The Balaban J connectivity index is 1.56. The van der Waals surface area contributed by atoms with Gasteiger partial charge < -0.3 is 10.2 Å². The van der Waals surface area contributed by atoms with Gasteiger partial charge in [0.2, 0.25) is 0 Å². The van der Waals surface area contributed by atoms with Crippen LogP contribution in [0.5, 0.6) is 0 Å². The standard InChI is InChI=1S/C22H21N3O2/c26-21(24-19-11-5-7-16-10-6-12-23-20(16)19)17-8-4-9-18(15-17)22(27)25-13-2-1-3-14-25/h4-12,15H,1-3,13-14H2,(H,24,26). The number of fused-ring (bicyclic) bond motifs is 1. The van der Waals surface area contributed by atoms with Crippen molar-refractivity contribution in [3.63, 3.8) is 0 Å². The number of likely N-dealkylation sites (tertiary alicyclic amines) is 1. The molecule has 0 spiro atoms. The van der Waals surface area contributed by atoms with E-state index in [1.807, 2.05) is 35.2 Å². The van der Waals surface area contributed by atoms with Crippen molar-refractivity contribution in [2.75, 3.05) is 18.4 Å². The summed E-state index contributed by atoms with van der Waals surface area (Å²) in [5.74, 6) is -0.252. The van der Waals surface area contributed by atoms with Crippen LogP contribution in [0.2, 0.25) is 0 Å². The number of pyridine rings is 1. The van der Waals surface area contributed by atoms with Crippen LogP contribution in [0.25, 0.3) is 10.9 Å². The first-order valence-corrected chi connectivity index (χ1v) is 9.27. The molecule has 2 aromatic carbocycles. The highest BCUT2D eigenvalue weighted by atomic mass is 16.2. The molecule has 0 aliphatic carbocycles. The van der Waals surface area contributed by atoms with Crippen LogP contribution in [-0.4, -0.2) is 34.8 Å². The lowest BCUT2D eigenvalue weighted by atomic mass is 10.1. The van der Waals surface area contributed by atoms with Crippen molar-refractivity contribution in [3.05, 3.63) is 71.9 Å². The predicted octanol–water partition coefficient (Wildman–Crippen LogP) is 4.11. The highest BCUT2D eigenvalue weighted by Crippen LogP contribution is 2.22. The fourth-order valence-corrected chi connectivity index (χ4v) is 3.47. The molecule has 0 unspecified atom stereocenters. The molecular weight excluding hydrogens is 338 g/mol. The molecule has 5 nitrogen and oxygen atoms in total. The number of hydrogen-bond donors (Lipinski definition) is 1. The molecule has 27 heavy (non-hydrogen) atoms. The van der Waals surface area contributed by atoms with Gasteiger partial charge in [-0.3, -0.25) is 14.6 Å². The number of anilines is 1. The van der Waals surface area contributed by atoms with E-state index < -0.39 is 0 Å². The lowest BCUT2D eigenvalue weighted by Gasteiger charge is -2.26. The Hall–Kier alpha value is -3.21. The Bertz CT molecular complexity index is 988. The van der Waals surface area contributed by atoms with Gasteiger partial charge in [0.25, 0.3) is 11.8 Å². The van der Waals surface area contributed by atoms with E-state index in [0.717, 1.165) is 36.8 Å². The van der Waals surface area contributed by atoms with E-state index in [4.69, 9.17) is 0 Å². The Morgan fingerprint density at radius 3 is 2.48 bits per heavy atom. The third-order valence-corrected chi connectivity index (χ3v) is 4.90. The minimum atomic E-state index is -0.249. The quantitative estimate of drug-likeness (QED) is 0.765. The highest BCUT2D eigenvalue weighted by molar-refractivity contribution is 6.09. The van der Waals surface area contributed by atoms with E-state index in [-0.39, 0.29) is 11.8 Å². The van der Waals surface area contributed by atoms with Crippen molar-refractivity contribution in [2.45, 2.75) is 19.3 Å². The molecule has 1 aliphatic rings. The molecule has 2 amide bonds. The van der Waals surface area contributed by atoms with Crippen molar-refractivity contribution >= 4 is 28.4 Å². The van der Waals surface area contributed by atoms with E-state index >= 15 is 0 Å². The average Bonchev–Trinajstić information content (AvgIpc) is 2.74. The van der Waals surface area contributed by atoms with Gasteiger partial charge in [0.15, 0.2) is 0 Å². The number of piperidine rings is 1. The van der Waals surface area contributed by atoms with Crippen molar-refractivity contribution < 1.29 is 9.59 Å². The Kier molecular flexibility index (Phi) is 4.83. The minimum absolute atomic E-state index is 0.00354. The third-order valence-electron chi connectivity index (χ3n) is 4.90. The van der Waals surface area contributed by atoms with Crippen LogP contribution in [0.1, 0.15) is 40.0 Å². The first kappa shape index (κ1) is 17.2. The van der Waals surface area contributed by atoms with E-state index in [9.17, 15) is 9.59 Å². The van der Waals surface area contributed by atoms with Crippen molar-refractivity contribution in [2.24, 2.45) is 0 Å². The molecule has 0 atom stereocenters. The highest BCUT2D eigenvalue weighted by Gasteiger charge is 2.19. The molecule has 0 radical (unpaired) electrons. The van der Waals surface area contributed by atoms with Gasteiger partial charge >= 0.3 is 0 Å². The normalized spacial score (nSPS) is 14.1. The fourth-order valence-electron chi connectivity index (χ4n) is 3.47. The summed E-state index contributed by atoms with van der Waals surface area (Å²) in [6.07, 6.45) is 4.96. The summed E-state index contributed by atoms with van der Waals surface area (Å²) in [5, 5.41) is 3.88. The first-order chi connectivity index (χ1) is 13.2. The maximum Gasteiger partial charge on any atom is 0.255 e. The monoisotopic (exact) mass is 359 g/mol. The van der Waals surface area contributed by atoms with Crippen LogP contribution in [0, 0.1) is 0 Å². The van der Waals surface area contributed by atoms with Gasteiger partial charge in [-0.2, -0.15) is 0 Å². The number of amides is 2. The van der Waals surface area contributed by atoms with Gasteiger partial charge in [0.05, 0.1) is 11.2 Å². The maximum atomic E-state index is 12.7. The smallest absolute Gasteiger partial charge is 0.255 e. The zero-order valence-electron chi connectivity index (χ0n) is 15.0. The summed E-state index contributed by atoms with van der Waals surface area (Å²) in [6, 6.07) is 16.4. The van der Waals surface area contributed by atoms with Gasteiger partial charge in [-0.05, 0) is 49.6 Å². The van der Waals surface area contributed by atoms with Crippen LogP contribution in [0.3, 0.4) is 0 Å². The summed E-state index contributed by atoms with van der Waals surface area (Å²) in [5.41, 5.74) is 2.42. The lowest BCUT2D eigenvalue weighted by molar-refractivity contribution is 0.0724. The van der Waals surface area contributed by atoms with Crippen molar-refractivity contribution in [3.8, 4) is 0 Å². The summed E-state index contributed by atoms with van der Waals surface area (Å²) in [4.78, 5) is 31.7. The van der Waals surface area contributed by atoms with Crippen LogP contribution in [0.15, 0.2) is 60.8 Å². The Morgan fingerprint density at radius 1 is 0.889 bits per heavy atom. The summed E-state index contributed by atoms with van der Waals surface area (Å²) in [6.45, 7) is 1.58. The molecule has 4 rings (SSSR count). The molecule has 2 heterocycles. The molecule has 1 aliphatic heterocycles. The summed E-state index contributed by atoms with van der Waals surface area (Å²) in [7, 11) is 0. The molecule has 1 fully saturated rings. The minimum Gasteiger partial charge on any atom is -0.339 e.